The van der Waals surface area contributed by atoms with Crippen LogP contribution in [0.3, 0.4) is 0 Å². The largest absolute Gasteiger partial charge is 0.506 e. The Balaban J connectivity index is 1.79. The Morgan fingerprint density at radius 2 is 1.94 bits per heavy atom. The van der Waals surface area contributed by atoms with Crippen LogP contribution in [0, 0.1) is 18.3 Å². The van der Waals surface area contributed by atoms with Gasteiger partial charge in [0.05, 0.1) is 42.1 Å². The van der Waals surface area contributed by atoms with E-state index in [1.807, 2.05) is 6.07 Å². The summed E-state index contributed by atoms with van der Waals surface area (Å²) >= 11 is 0. The highest BCUT2D eigenvalue weighted by atomic mass is 32.2. The van der Waals surface area contributed by atoms with Gasteiger partial charge in [-0.05, 0) is 44.0 Å². The number of rotatable bonds is 11. The number of phenolic OH excluding ortho intramolecular Hbond substituents is 2. The van der Waals surface area contributed by atoms with E-state index in [-0.39, 0.29) is 77.7 Å². The zero-order valence-corrected chi connectivity index (χ0v) is 20.1. The van der Waals surface area contributed by atoms with Gasteiger partial charge in [0.1, 0.15) is 23.3 Å². The molecular formula is C23H28N4O7S. The minimum atomic E-state index is -3.71. The highest BCUT2D eigenvalue weighted by Gasteiger charge is 2.22. The third-order valence-electron chi connectivity index (χ3n) is 5.54. The Morgan fingerprint density at radius 1 is 1.20 bits per heavy atom. The van der Waals surface area contributed by atoms with E-state index in [0.29, 0.717) is 12.3 Å². The summed E-state index contributed by atoms with van der Waals surface area (Å²) in [5.41, 5.74) is 0.599. The van der Waals surface area contributed by atoms with E-state index in [2.05, 4.69) is 15.0 Å². The second-order valence-corrected chi connectivity index (χ2v) is 9.67. The van der Waals surface area contributed by atoms with Crippen molar-refractivity contribution in [1.29, 1.82) is 5.26 Å². The van der Waals surface area contributed by atoms with Crippen molar-refractivity contribution in [2.24, 2.45) is 10.2 Å². The number of hydrogen-bond donors (Lipinski definition) is 4. The van der Waals surface area contributed by atoms with Crippen molar-refractivity contribution >= 4 is 21.4 Å². The molecule has 1 saturated heterocycles. The molecule has 1 unspecified atom stereocenters. The van der Waals surface area contributed by atoms with Gasteiger partial charge in [-0.25, -0.2) is 13.1 Å². The number of aliphatic hydroxyl groups is 1. The number of phenols is 2. The van der Waals surface area contributed by atoms with Gasteiger partial charge in [0.2, 0.25) is 10.0 Å². The van der Waals surface area contributed by atoms with E-state index in [1.54, 1.807) is 0 Å². The Hall–Kier alpha value is -3.08. The number of hydrogen-bond acceptors (Lipinski definition) is 10. The summed E-state index contributed by atoms with van der Waals surface area (Å²) in [4.78, 5) is 0.0649. The van der Waals surface area contributed by atoms with Gasteiger partial charge in [-0.1, -0.05) is 0 Å². The zero-order valence-electron chi connectivity index (χ0n) is 19.3. The van der Waals surface area contributed by atoms with Crippen LogP contribution >= 0.6 is 0 Å². The van der Waals surface area contributed by atoms with Crippen molar-refractivity contribution in [3.8, 4) is 17.6 Å². The maximum absolute atomic E-state index is 12.5. The van der Waals surface area contributed by atoms with Gasteiger partial charge in [-0.15, -0.1) is 5.11 Å². The molecule has 4 N–H and O–H groups in total. The molecule has 0 saturated carbocycles. The predicted molar refractivity (Wildman–Crippen MR) is 126 cm³/mol. The van der Waals surface area contributed by atoms with Gasteiger partial charge in [-0.3, -0.25) is 0 Å². The second kappa shape index (κ2) is 12.1. The van der Waals surface area contributed by atoms with Crippen LogP contribution in [0.25, 0.3) is 0 Å². The Bertz CT molecular complexity index is 1200. The summed E-state index contributed by atoms with van der Waals surface area (Å²) in [6, 6.07) is 7.61. The first kappa shape index (κ1) is 26.5. The lowest BCUT2D eigenvalue weighted by Gasteiger charge is -2.14. The van der Waals surface area contributed by atoms with Crippen LogP contribution in [0.15, 0.2) is 39.4 Å². The fourth-order valence-electron chi connectivity index (χ4n) is 3.61. The molecule has 1 heterocycles. The number of sulfonamides is 1. The second-order valence-electron chi connectivity index (χ2n) is 7.90. The minimum absolute atomic E-state index is 0.00596. The monoisotopic (exact) mass is 504 g/mol. The Labute approximate surface area is 203 Å². The molecule has 1 fully saturated rings. The fourth-order valence-corrected chi connectivity index (χ4v) is 4.67. The number of aromatic hydroxyl groups is 2. The van der Waals surface area contributed by atoms with Gasteiger partial charge in [0, 0.05) is 30.7 Å². The summed E-state index contributed by atoms with van der Waals surface area (Å²) in [5, 5.41) is 47.5. The van der Waals surface area contributed by atoms with Crippen LogP contribution in [-0.2, 0) is 25.9 Å². The standard InChI is InChI=1S/C23H28N4O7S/c1-15-20(13-24)22(29)19(8-11-33-12-9-28)23(30)21(15)27-26-16-4-6-18(7-5-16)35(31,32)25-14-17-3-2-10-34-17/h4-7,17,25,28-30H,2-3,8-12,14H2,1H3. The molecule has 35 heavy (non-hydrogen) atoms. The average Bonchev–Trinajstić information content (AvgIpc) is 3.37. The summed E-state index contributed by atoms with van der Waals surface area (Å²) in [6.45, 7) is 2.39. The topological polar surface area (TPSA) is 174 Å². The summed E-state index contributed by atoms with van der Waals surface area (Å²) in [7, 11) is -3.71. The summed E-state index contributed by atoms with van der Waals surface area (Å²) < 4.78 is 38.2. The number of ether oxygens (including phenoxy) is 2. The molecule has 3 rings (SSSR count). The molecule has 0 bridgehead atoms. The first-order valence-corrected chi connectivity index (χ1v) is 12.6. The predicted octanol–water partition coefficient (Wildman–Crippen LogP) is 2.70. The van der Waals surface area contributed by atoms with Crippen LogP contribution < -0.4 is 4.72 Å². The maximum Gasteiger partial charge on any atom is 0.240 e. The third kappa shape index (κ3) is 6.53. The molecule has 0 spiro atoms. The van der Waals surface area contributed by atoms with Gasteiger partial charge in [0.25, 0.3) is 0 Å². The summed E-state index contributed by atoms with van der Waals surface area (Å²) in [5.74, 6) is -0.702. The van der Waals surface area contributed by atoms with Gasteiger partial charge < -0.3 is 24.8 Å². The van der Waals surface area contributed by atoms with Crippen molar-refractivity contribution < 1.29 is 33.2 Å². The number of nitrogens with zero attached hydrogens (tertiary/aromatic N) is 3. The van der Waals surface area contributed by atoms with E-state index in [0.717, 1.165) is 12.8 Å². The molecule has 11 nitrogen and oxygen atoms in total. The van der Waals surface area contributed by atoms with Crippen LogP contribution in [0.5, 0.6) is 11.5 Å². The lowest BCUT2D eigenvalue weighted by Crippen LogP contribution is -2.31. The van der Waals surface area contributed by atoms with Crippen molar-refractivity contribution in [1.82, 2.24) is 4.72 Å². The Morgan fingerprint density at radius 3 is 2.57 bits per heavy atom. The molecule has 0 aromatic heterocycles. The van der Waals surface area contributed by atoms with E-state index in [1.165, 1.54) is 31.2 Å². The van der Waals surface area contributed by atoms with E-state index < -0.39 is 10.0 Å². The van der Waals surface area contributed by atoms with Crippen LogP contribution in [0.2, 0.25) is 0 Å². The van der Waals surface area contributed by atoms with E-state index in [9.17, 15) is 23.9 Å². The molecule has 1 atom stereocenters. The van der Waals surface area contributed by atoms with Crippen molar-refractivity contribution in [3.05, 3.63) is 41.0 Å². The average molecular weight is 505 g/mol. The van der Waals surface area contributed by atoms with E-state index in [4.69, 9.17) is 14.6 Å². The molecule has 188 valence electrons. The highest BCUT2D eigenvalue weighted by molar-refractivity contribution is 7.89. The smallest absolute Gasteiger partial charge is 0.240 e. The van der Waals surface area contributed by atoms with Crippen LogP contribution in [0.4, 0.5) is 11.4 Å². The lowest BCUT2D eigenvalue weighted by atomic mass is 9.98. The summed E-state index contributed by atoms with van der Waals surface area (Å²) in [6.07, 6.45) is 1.69. The van der Waals surface area contributed by atoms with Crippen LogP contribution in [0.1, 0.15) is 29.5 Å². The zero-order chi connectivity index (χ0) is 25.4. The molecule has 1 aliphatic heterocycles. The Kier molecular flexibility index (Phi) is 9.13. The third-order valence-corrected chi connectivity index (χ3v) is 6.98. The first-order valence-electron chi connectivity index (χ1n) is 11.1. The molecule has 0 amide bonds. The maximum atomic E-state index is 12.5. The van der Waals surface area contributed by atoms with Gasteiger partial charge >= 0.3 is 0 Å². The normalized spacial score (nSPS) is 16.1. The molecule has 2 aromatic carbocycles. The quantitative estimate of drug-likeness (QED) is 0.267. The molecule has 0 radical (unpaired) electrons. The van der Waals surface area contributed by atoms with Crippen molar-refractivity contribution in [2.45, 2.75) is 37.2 Å². The van der Waals surface area contributed by atoms with Crippen LogP contribution in [-0.4, -0.2) is 62.8 Å². The molecule has 0 aliphatic carbocycles. The minimum Gasteiger partial charge on any atom is -0.506 e. The molecule has 12 heteroatoms. The fraction of sp³-hybridized carbons (Fsp3) is 0.435. The molecule has 1 aliphatic rings. The number of nitrogens with one attached hydrogen (secondary N) is 1. The number of benzene rings is 2. The van der Waals surface area contributed by atoms with E-state index >= 15 is 0 Å². The molecule has 2 aromatic rings. The number of azo groups is 1. The van der Waals surface area contributed by atoms with Gasteiger partial charge in [-0.2, -0.15) is 10.4 Å². The first-order chi connectivity index (χ1) is 16.8. The number of nitriles is 1. The van der Waals surface area contributed by atoms with Gasteiger partial charge in [0.15, 0.2) is 0 Å². The van der Waals surface area contributed by atoms with Crippen molar-refractivity contribution in [2.75, 3.05) is 33.0 Å². The number of aliphatic hydroxyl groups excluding tert-OH is 1. The SMILES string of the molecule is Cc1c(C#N)c(O)c(CCOCCO)c(O)c1N=Nc1ccc(S(=O)(=O)NCC2CCCO2)cc1. The van der Waals surface area contributed by atoms with Crippen molar-refractivity contribution in [3.63, 3.8) is 0 Å². The highest BCUT2D eigenvalue weighted by Crippen LogP contribution is 2.43. The lowest BCUT2D eigenvalue weighted by molar-refractivity contribution is 0.0939. The molecular weight excluding hydrogens is 476 g/mol.